The third-order valence-corrected chi connectivity index (χ3v) is 4.05. The number of benzene rings is 1. The Hall–Kier alpha value is -1.80. The summed E-state index contributed by atoms with van der Waals surface area (Å²) in [6.07, 6.45) is 0. The summed E-state index contributed by atoms with van der Waals surface area (Å²) in [6, 6.07) is 8.94. The number of nitrogens with one attached hydrogen (secondary N) is 1. The smallest absolute Gasteiger partial charge is 0.265 e. The molecular formula is C15H13ClN2OS. The summed E-state index contributed by atoms with van der Waals surface area (Å²) < 4.78 is 0. The highest BCUT2D eigenvalue weighted by molar-refractivity contribution is 7.14. The molecule has 0 aliphatic heterocycles. The highest BCUT2D eigenvalue weighted by atomic mass is 35.5. The second-order valence-electron chi connectivity index (χ2n) is 4.06. The van der Waals surface area contributed by atoms with E-state index in [2.05, 4.69) is 17.2 Å². The normalized spacial score (nSPS) is 9.75. The first-order valence-corrected chi connectivity index (χ1v) is 7.16. The van der Waals surface area contributed by atoms with E-state index in [9.17, 15) is 4.79 Å². The van der Waals surface area contributed by atoms with Crippen molar-refractivity contribution in [3.8, 4) is 11.8 Å². The van der Waals surface area contributed by atoms with Crippen LogP contribution in [0.25, 0.3) is 0 Å². The maximum Gasteiger partial charge on any atom is 0.265 e. The van der Waals surface area contributed by atoms with Crippen molar-refractivity contribution in [3.63, 3.8) is 0 Å². The number of hydrogen-bond donors (Lipinski definition) is 2. The highest BCUT2D eigenvalue weighted by Crippen LogP contribution is 2.25. The monoisotopic (exact) mass is 304 g/mol. The molecule has 0 fully saturated rings. The minimum Gasteiger partial charge on any atom is -0.320 e. The molecule has 5 heteroatoms. The zero-order chi connectivity index (χ0) is 14.5. The van der Waals surface area contributed by atoms with Crippen molar-refractivity contribution in [1.82, 2.24) is 0 Å². The summed E-state index contributed by atoms with van der Waals surface area (Å²) in [4.78, 5) is 13.6. The fraction of sp³-hybridized carbons (Fsp3) is 0.133. The highest BCUT2D eigenvalue weighted by Gasteiger charge is 2.12. The van der Waals surface area contributed by atoms with E-state index < -0.39 is 0 Å². The largest absolute Gasteiger partial charge is 0.320 e. The molecule has 20 heavy (non-hydrogen) atoms. The predicted octanol–water partition coefficient (Wildman–Crippen LogP) is 3.27. The van der Waals surface area contributed by atoms with Gasteiger partial charge in [0, 0.05) is 0 Å². The van der Waals surface area contributed by atoms with Crippen LogP contribution in [0.2, 0.25) is 5.02 Å². The van der Waals surface area contributed by atoms with Gasteiger partial charge in [-0.15, -0.1) is 11.3 Å². The molecule has 1 amide bonds. The number of halogens is 1. The first-order valence-electron chi connectivity index (χ1n) is 5.97. The molecule has 0 spiro atoms. The molecule has 1 heterocycles. The predicted molar refractivity (Wildman–Crippen MR) is 84.4 cm³/mol. The summed E-state index contributed by atoms with van der Waals surface area (Å²) in [5, 5.41) is 3.30. The second-order valence-corrected chi connectivity index (χ2v) is 5.52. The van der Waals surface area contributed by atoms with Crippen molar-refractivity contribution >= 4 is 34.5 Å². The fourth-order valence-corrected chi connectivity index (χ4v) is 2.72. The third kappa shape index (κ3) is 3.40. The zero-order valence-corrected chi connectivity index (χ0v) is 12.4. The number of amides is 1. The molecule has 0 bridgehead atoms. The van der Waals surface area contributed by atoms with E-state index in [0.29, 0.717) is 22.1 Å². The standard InChI is InChI=1S/C15H13ClN2OS/c1-10-9-14(20-13(10)7-4-8-17)15(19)18-12-6-3-2-5-11(12)16/h2-3,5-6,9H,8,17H2,1H3,(H,18,19). The van der Waals surface area contributed by atoms with Crippen molar-refractivity contribution in [3.05, 3.63) is 50.7 Å². The van der Waals surface area contributed by atoms with E-state index >= 15 is 0 Å². The van der Waals surface area contributed by atoms with Gasteiger partial charge in [0.05, 0.1) is 27.0 Å². The van der Waals surface area contributed by atoms with Crippen LogP contribution in [0.1, 0.15) is 20.1 Å². The van der Waals surface area contributed by atoms with Crippen LogP contribution in [0, 0.1) is 18.8 Å². The van der Waals surface area contributed by atoms with E-state index in [1.807, 2.05) is 25.1 Å². The molecule has 0 saturated carbocycles. The van der Waals surface area contributed by atoms with Gasteiger partial charge in [-0.25, -0.2) is 0 Å². The van der Waals surface area contributed by atoms with Gasteiger partial charge in [-0.1, -0.05) is 35.6 Å². The Labute approximate surface area is 126 Å². The Kier molecular flexibility index (Phi) is 4.80. The van der Waals surface area contributed by atoms with Crippen LogP contribution in [0.3, 0.4) is 0 Å². The van der Waals surface area contributed by atoms with E-state index in [1.54, 1.807) is 12.1 Å². The molecule has 0 unspecified atom stereocenters. The molecule has 1 aromatic carbocycles. The first kappa shape index (κ1) is 14.6. The minimum absolute atomic E-state index is 0.188. The Morgan fingerprint density at radius 3 is 2.90 bits per heavy atom. The van der Waals surface area contributed by atoms with Crippen LogP contribution >= 0.6 is 22.9 Å². The molecule has 0 saturated heterocycles. The Morgan fingerprint density at radius 1 is 1.45 bits per heavy atom. The lowest BCUT2D eigenvalue weighted by atomic mass is 10.2. The summed E-state index contributed by atoms with van der Waals surface area (Å²) in [6.45, 7) is 2.22. The number of thiophene rings is 1. The molecule has 0 atom stereocenters. The van der Waals surface area contributed by atoms with Crippen molar-refractivity contribution in [2.24, 2.45) is 5.73 Å². The Balaban J connectivity index is 2.20. The fourth-order valence-electron chi connectivity index (χ4n) is 1.60. The van der Waals surface area contributed by atoms with E-state index in [4.69, 9.17) is 17.3 Å². The SMILES string of the molecule is Cc1cc(C(=O)Nc2ccccc2Cl)sc1C#CCN. The number of aryl methyl sites for hydroxylation is 1. The van der Waals surface area contributed by atoms with Crippen molar-refractivity contribution in [1.29, 1.82) is 0 Å². The molecule has 3 nitrogen and oxygen atoms in total. The van der Waals surface area contributed by atoms with E-state index in [1.165, 1.54) is 11.3 Å². The summed E-state index contributed by atoms with van der Waals surface area (Å²) in [5.74, 6) is 5.56. The van der Waals surface area contributed by atoms with Gasteiger partial charge in [0.2, 0.25) is 0 Å². The van der Waals surface area contributed by atoms with Crippen molar-refractivity contribution in [2.75, 3.05) is 11.9 Å². The van der Waals surface area contributed by atoms with Gasteiger partial charge in [0.15, 0.2) is 0 Å². The number of anilines is 1. The van der Waals surface area contributed by atoms with Crippen LogP contribution < -0.4 is 11.1 Å². The average molecular weight is 305 g/mol. The molecule has 0 aliphatic rings. The van der Waals surface area contributed by atoms with Gasteiger partial charge in [-0.2, -0.15) is 0 Å². The van der Waals surface area contributed by atoms with Gasteiger partial charge in [-0.05, 0) is 30.7 Å². The quantitative estimate of drug-likeness (QED) is 0.837. The lowest BCUT2D eigenvalue weighted by molar-refractivity contribution is 0.103. The lowest BCUT2D eigenvalue weighted by Crippen LogP contribution is -2.10. The maximum absolute atomic E-state index is 12.2. The maximum atomic E-state index is 12.2. The van der Waals surface area contributed by atoms with Crippen LogP contribution in [0.15, 0.2) is 30.3 Å². The van der Waals surface area contributed by atoms with Gasteiger partial charge in [0.1, 0.15) is 0 Å². The van der Waals surface area contributed by atoms with Crippen LogP contribution in [-0.4, -0.2) is 12.5 Å². The molecular weight excluding hydrogens is 292 g/mol. The molecule has 2 rings (SSSR count). The second kappa shape index (κ2) is 6.58. The summed E-state index contributed by atoms with van der Waals surface area (Å²) in [7, 11) is 0. The molecule has 3 N–H and O–H groups in total. The molecule has 102 valence electrons. The van der Waals surface area contributed by atoms with Gasteiger partial charge in [0.25, 0.3) is 5.91 Å². The first-order chi connectivity index (χ1) is 9.61. The van der Waals surface area contributed by atoms with Crippen LogP contribution in [-0.2, 0) is 0 Å². The van der Waals surface area contributed by atoms with E-state index in [0.717, 1.165) is 10.4 Å². The number of rotatable bonds is 2. The van der Waals surface area contributed by atoms with Crippen molar-refractivity contribution < 1.29 is 4.79 Å². The molecule has 1 aromatic heterocycles. The number of nitrogens with two attached hydrogens (primary N) is 1. The summed E-state index contributed by atoms with van der Waals surface area (Å²) >= 11 is 7.36. The van der Waals surface area contributed by atoms with Crippen molar-refractivity contribution in [2.45, 2.75) is 6.92 Å². The lowest BCUT2D eigenvalue weighted by Gasteiger charge is -2.04. The summed E-state index contributed by atoms with van der Waals surface area (Å²) in [5.41, 5.74) is 6.92. The number of carbonyl (C=O) groups is 1. The third-order valence-electron chi connectivity index (χ3n) is 2.57. The number of para-hydroxylation sites is 1. The number of hydrogen-bond acceptors (Lipinski definition) is 3. The van der Waals surface area contributed by atoms with Crippen LogP contribution in [0.4, 0.5) is 5.69 Å². The van der Waals surface area contributed by atoms with Crippen LogP contribution in [0.5, 0.6) is 0 Å². The minimum atomic E-state index is -0.188. The van der Waals surface area contributed by atoms with Gasteiger partial charge < -0.3 is 11.1 Å². The zero-order valence-electron chi connectivity index (χ0n) is 10.9. The molecule has 0 radical (unpaired) electrons. The Bertz CT molecular complexity index is 697. The number of carbonyl (C=O) groups excluding carboxylic acids is 1. The Morgan fingerprint density at radius 2 is 2.20 bits per heavy atom. The molecule has 2 aromatic rings. The van der Waals surface area contributed by atoms with Gasteiger partial charge >= 0.3 is 0 Å². The molecule has 0 aliphatic carbocycles. The average Bonchev–Trinajstić information content (AvgIpc) is 2.80. The van der Waals surface area contributed by atoms with Gasteiger partial charge in [-0.3, -0.25) is 4.79 Å². The van der Waals surface area contributed by atoms with E-state index in [-0.39, 0.29) is 5.91 Å². The topological polar surface area (TPSA) is 55.1 Å².